The van der Waals surface area contributed by atoms with Crippen molar-refractivity contribution in [3.63, 3.8) is 0 Å². The third-order valence-electron chi connectivity index (χ3n) is 4.50. The van der Waals surface area contributed by atoms with Crippen molar-refractivity contribution in [1.82, 2.24) is 4.90 Å². The average molecular weight is 419 g/mol. The minimum Gasteiger partial charge on any atom is -0.282 e. The van der Waals surface area contributed by atoms with Crippen LogP contribution in [0.5, 0.6) is 0 Å². The number of carbonyl (C=O) groups excluding carboxylic acids is 1. The van der Waals surface area contributed by atoms with Crippen molar-refractivity contribution in [3.05, 3.63) is 112 Å². The quantitative estimate of drug-likeness (QED) is 0.475. The SMILES string of the molecule is O=C1C(=Cc2ccccc2Cl)SC(=NCc2ccccc2)N1Cc1ccccc1. The van der Waals surface area contributed by atoms with Crippen LogP contribution in [0.25, 0.3) is 6.08 Å². The van der Waals surface area contributed by atoms with Gasteiger partial charge in [0.2, 0.25) is 0 Å². The summed E-state index contributed by atoms with van der Waals surface area (Å²) in [6.07, 6.45) is 1.85. The third kappa shape index (κ3) is 4.78. The Bertz CT molecular complexity index is 1060. The molecule has 0 radical (unpaired) electrons. The van der Waals surface area contributed by atoms with Crippen LogP contribution in [0.1, 0.15) is 16.7 Å². The average Bonchev–Trinajstić information content (AvgIpc) is 3.04. The Labute approximate surface area is 179 Å². The van der Waals surface area contributed by atoms with Gasteiger partial charge in [0, 0.05) is 5.02 Å². The van der Waals surface area contributed by atoms with E-state index in [0.29, 0.717) is 28.2 Å². The first-order valence-electron chi connectivity index (χ1n) is 9.29. The van der Waals surface area contributed by atoms with Gasteiger partial charge in [0.25, 0.3) is 5.91 Å². The highest BCUT2D eigenvalue weighted by molar-refractivity contribution is 8.18. The van der Waals surface area contributed by atoms with Crippen molar-refractivity contribution < 1.29 is 4.79 Å². The summed E-state index contributed by atoms with van der Waals surface area (Å²) in [6.45, 7) is 1.02. The minimum atomic E-state index is -0.0504. The summed E-state index contributed by atoms with van der Waals surface area (Å²) < 4.78 is 0. The van der Waals surface area contributed by atoms with Gasteiger partial charge >= 0.3 is 0 Å². The molecule has 3 aromatic rings. The molecule has 0 aromatic heterocycles. The van der Waals surface area contributed by atoms with Gasteiger partial charge in [-0.1, -0.05) is 90.5 Å². The number of aliphatic imine (C=N–C) groups is 1. The van der Waals surface area contributed by atoms with Crippen LogP contribution in [0.3, 0.4) is 0 Å². The zero-order valence-corrected chi connectivity index (χ0v) is 17.2. The van der Waals surface area contributed by atoms with Gasteiger partial charge < -0.3 is 0 Å². The maximum absolute atomic E-state index is 13.2. The Hall–Kier alpha value is -2.82. The summed E-state index contributed by atoms with van der Waals surface area (Å²) in [5.74, 6) is -0.0504. The summed E-state index contributed by atoms with van der Waals surface area (Å²) in [5, 5.41) is 1.33. The molecule has 1 amide bonds. The summed E-state index contributed by atoms with van der Waals surface area (Å²) >= 11 is 7.68. The zero-order valence-electron chi connectivity index (χ0n) is 15.7. The van der Waals surface area contributed by atoms with E-state index in [1.807, 2.05) is 91.0 Å². The molecule has 4 rings (SSSR count). The number of amides is 1. The van der Waals surface area contributed by atoms with Crippen molar-refractivity contribution in [1.29, 1.82) is 0 Å². The van der Waals surface area contributed by atoms with E-state index in [1.165, 1.54) is 11.8 Å². The second kappa shape index (κ2) is 9.12. The van der Waals surface area contributed by atoms with Crippen LogP contribution in [0.15, 0.2) is 94.8 Å². The number of hydrogen-bond acceptors (Lipinski definition) is 3. The van der Waals surface area contributed by atoms with Gasteiger partial charge in [0.15, 0.2) is 5.17 Å². The van der Waals surface area contributed by atoms with E-state index in [-0.39, 0.29) is 5.91 Å². The number of thioether (sulfide) groups is 1. The van der Waals surface area contributed by atoms with Gasteiger partial charge in [-0.25, -0.2) is 0 Å². The molecule has 1 fully saturated rings. The van der Waals surface area contributed by atoms with Gasteiger partial charge in [-0.3, -0.25) is 14.7 Å². The van der Waals surface area contributed by atoms with Gasteiger partial charge in [0.05, 0.1) is 18.0 Å². The standard InChI is InChI=1S/C24H19ClN2OS/c25-21-14-8-7-13-20(21)15-22-23(28)27(17-19-11-5-2-6-12-19)24(29-22)26-16-18-9-3-1-4-10-18/h1-15H,16-17H2. The van der Waals surface area contributed by atoms with Crippen LogP contribution in [0.4, 0.5) is 0 Å². The van der Waals surface area contributed by atoms with Crippen LogP contribution in [-0.2, 0) is 17.9 Å². The van der Waals surface area contributed by atoms with Crippen molar-refractivity contribution >= 4 is 40.5 Å². The molecule has 3 nitrogen and oxygen atoms in total. The Kier molecular flexibility index (Phi) is 6.13. The second-order valence-electron chi connectivity index (χ2n) is 6.59. The molecule has 3 aromatic carbocycles. The smallest absolute Gasteiger partial charge is 0.267 e. The van der Waals surface area contributed by atoms with E-state index in [1.54, 1.807) is 4.90 Å². The maximum atomic E-state index is 13.2. The number of rotatable bonds is 5. The van der Waals surface area contributed by atoms with E-state index in [2.05, 4.69) is 0 Å². The van der Waals surface area contributed by atoms with Crippen LogP contribution >= 0.6 is 23.4 Å². The van der Waals surface area contributed by atoms with E-state index in [9.17, 15) is 4.79 Å². The fourth-order valence-corrected chi connectivity index (χ4v) is 4.16. The first kappa shape index (κ1) is 19.5. The largest absolute Gasteiger partial charge is 0.282 e. The van der Waals surface area contributed by atoms with E-state index in [4.69, 9.17) is 16.6 Å². The molecule has 1 aliphatic heterocycles. The summed E-state index contributed by atoms with van der Waals surface area (Å²) in [6, 6.07) is 27.5. The Morgan fingerprint density at radius 3 is 2.17 bits per heavy atom. The molecule has 1 saturated heterocycles. The lowest BCUT2D eigenvalue weighted by molar-refractivity contribution is -0.122. The predicted molar refractivity (Wildman–Crippen MR) is 122 cm³/mol. The van der Waals surface area contributed by atoms with Gasteiger partial charge in [-0.05, 0) is 40.6 Å². The monoisotopic (exact) mass is 418 g/mol. The van der Waals surface area contributed by atoms with Crippen LogP contribution in [0.2, 0.25) is 5.02 Å². The fraction of sp³-hybridized carbons (Fsp3) is 0.0833. The molecule has 0 saturated carbocycles. The van der Waals surface area contributed by atoms with Crippen LogP contribution in [0, 0.1) is 0 Å². The zero-order chi connectivity index (χ0) is 20.1. The van der Waals surface area contributed by atoms with Crippen molar-refractivity contribution in [3.8, 4) is 0 Å². The molecule has 1 aliphatic rings. The summed E-state index contributed by atoms with van der Waals surface area (Å²) in [7, 11) is 0. The molecule has 0 unspecified atom stereocenters. The number of halogens is 1. The topological polar surface area (TPSA) is 32.7 Å². The number of carbonyl (C=O) groups is 1. The lowest BCUT2D eigenvalue weighted by atomic mass is 10.2. The highest BCUT2D eigenvalue weighted by Crippen LogP contribution is 2.35. The van der Waals surface area contributed by atoms with Crippen molar-refractivity contribution in [2.75, 3.05) is 0 Å². The summed E-state index contributed by atoms with van der Waals surface area (Å²) in [5.41, 5.74) is 3.00. The predicted octanol–water partition coefficient (Wildman–Crippen LogP) is 6.01. The minimum absolute atomic E-state index is 0.0504. The molecule has 5 heteroatoms. The van der Waals surface area contributed by atoms with Gasteiger partial charge in [-0.2, -0.15) is 0 Å². The first-order chi connectivity index (χ1) is 14.2. The Morgan fingerprint density at radius 1 is 0.862 bits per heavy atom. The van der Waals surface area contributed by atoms with Crippen LogP contribution in [-0.4, -0.2) is 16.0 Å². The molecule has 0 spiro atoms. The van der Waals surface area contributed by atoms with Gasteiger partial charge in [0.1, 0.15) is 0 Å². The maximum Gasteiger partial charge on any atom is 0.267 e. The van der Waals surface area contributed by atoms with Gasteiger partial charge in [-0.15, -0.1) is 0 Å². The normalized spacial score (nSPS) is 16.7. The highest BCUT2D eigenvalue weighted by Gasteiger charge is 2.33. The first-order valence-corrected chi connectivity index (χ1v) is 10.5. The molecule has 0 aliphatic carbocycles. The lowest BCUT2D eigenvalue weighted by Gasteiger charge is -2.15. The summed E-state index contributed by atoms with van der Waals surface area (Å²) in [4.78, 5) is 20.3. The lowest BCUT2D eigenvalue weighted by Crippen LogP contribution is -2.28. The molecular formula is C24H19ClN2OS. The van der Waals surface area contributed by atoms with Crippen LogP contribution < -0.4 is 0 Å². The number of hydrogen-bond donors (Lipinski definition) is 0. The van der Waals surface area contributed by atoms with E-state index in [0.717, 1.165) is 16.7 Å². The Morgan fingerprint density at radius 2 is 1.48 bits per heavy atom. The van der Waals surface area contributed by atoms with E-state index < -0.39 is 0 Å². The molecule has 0 N–H and O–H groups in total. The molecule has 1 heterocycles. The third-order valence-corrected chi connectivity index (χ3v) is 5.89. The molecule has 0 atom stereocenters. The van der Waals surface area contributed by atoms with Crippen molar-refractivity contribution in [2.24, 2.45) is 4.99 Å². The number of nitrogens with zero attached hydrogens (tertiary/aromatic N) is 2. The molecule has 29 heavy (non-hydrogen) atoms. The highest BCUT2D eigenvalue weighted by atomic mass is 35.5. The molecule has 0 bridgehead atoms. The van der Waals surface area contributed by atoms with Crippen molar-refractivity contribution in [2.45, 2.75) is 13.1 Å². The van der Waals surface area contributed by atoms with E-state index >= 15 is 0 Å². The number of benzene rings is 3. The molecule has 144 valence electrons. The fourth-order valence-electron chi connectivity index (χ4n) is 3.01. The second-order valence-corrected chi connectivity index (χ2v) is 8.01. The number of amidine groups is 1. The Balaban J connectivity index is 1.65. The molecular weight excluding hydrogens is 400 g/mol.